The molecule has 3 heterocycles. The first-order valence-electron chi connectivity index (χ1n) is 6.01. The molecular weight excluding hydrogens is 218 g/mol. The molecule has 0 unspecified atom stereocenters. The minimum absolute atomic E-state index is 0.492. The van der Waals surface area contributed by atoms with Gasteiger partial charge in [-0.15, -0.1) is 0 Å². The van der Waals surface area contributed by atoms with Crippen LogP contribution in [0.4, 0.5) is 0 Å². The molecule has 2 aliphatic heterocycles. The summed E-state index contributed by atoms with van der Waals surface area (Å²) < 4.78 is 2.22. The summed E-state index contributed by atoms with van der Waals surface area (Å²) in [5.74, 6) is 2.60. The molecule has 88 valence electrons. The fourth-order valence-corrected chi connectivity index (χ4v) is 3.78. The van der Waals surface area contributed by atoms with E-state index in [-0.39, 0.29) is 0 Å². The van der Waals surface area contributed by atoms with Crippen LogP contribution in [0, 0.1) is 5.41 Å². The Balaban J connectivity index is 1.92. The van der Waals surface area contributed by atoms with Crippen molar-refractivity contribution in [2.24, 2.45) is 5.41 Å². The Morgan fingerprint density at radius 3 is 2.81 bits per heavy atom. The van der Waals surface area contributed by atoms with Gasteiger partial charge in [-0.25, -0.2) is 0 Å². The predicted octanol–water partition coefficient (Wildman–Crippen LogP) is 1.84. The highest BCUT2D eigenvalue weighted by Crippen LogP contribution is 2.42. The fraction of sp³-hybridized carbons (Fsp3) is 0.750. The van der Waals surface area contributed by atoms with Gasteiger partial charge in [-0.2, -0.15) is 16.9 Å². The smallest absolute Gasteiger partial charge is 0.0524 e. The Labute approximate surface area is 101 Å². The zero-order chi connectivity index (χ0) is 11.2. The van der Waals surface area contributed by atoms with E-state index in [2.05, 4.69) is 46.4 Å². The molecular formula is C12H19N3S. The van der Waals surface area contributed by atoms with Gasteiger partial charge in [0, 0.05) is 48.8 Å². The summed E-state index contributed by atoms with van der Waals surface area (Å²) in [6.07, 6.45) is 1.94. The van der Waals surface area contributed by atoms with Crippen molar-refractivity contribution < 1.29 is 0 Å². The molecule has 2 aliphatic rings. The lowest BCUT2D eigenvalue weighted by atomic mass is 9.91. The second kappa shape index (κ2) is 3.77. The zero-order valence-corrected chi connectivity index (χ0v) is 10.8. The third-order valence-corrected chi connectivity index (χ3v) is 5.37. The van der Waals surface area contributed by atoms with Crippen molar-refractivity contribution in [3.8, 4) is 0 Å². The van der Waals surface area contributed by atoms with Gasteiger partial charge in [-0.3, -0.25) is 9.58 Å². The van der Waals surface area contributed by atoms with Gasteiger partial charge >= 0.3 is 0 Å². The van der Waals surface area contributed by atoms with E-state index in [0.717, 1.165) is 13.1 Å². The lowest BCUT2D eigenvalue weighted by Gasteiger charge is -2.43. The molecule has 1 fully saturated rings. The first-order valence-corrected chi connectivity index (χ1v) is 7.17. The third-order valence-electron chi connectivity index (χ3n) is 3.74. The van der Waals surface area contributed by atoms with Crippen molar-refractivity contribution in [2.45, 2.75) is 33.0 Å². The molecule has 0 N–H and O–H groups in total. The van der Waals surface area contributed by atoms with Crippen molar-refractivity contribution in [3.05, 3.63) is 18.0 Å². The third kappa shape index (κ3) is 1.68. The second-order valence-electron chi connectivity index (χ2n) is 5.47. The Kier molecular flexibility index (Phi) is 2.51. The monoisotopic (exact) mass is 237 g/mol. The minimum Gasteiger partial charge on any atom is -0.294 e. The summed E-state index contributed by atoms with van der Waals surface area (Å²) in [6, 6.07) is 2.80. The van der Waals surface area contributed by atoms with E-state index in [9.17, 15) is 0 Å². The van der Waals surface area contributed by atoms with E-state index < -0.39 is 0 Å². The molecule has 16 heavy (non-hydrogen) atoms. The summed E-state index contributed by atoms with van der Waals surface area (Å²) in [7, 11) is 0. The van der Waals surface area contributed by atoms with Crippen molar-refractivity contribution in [1.82, 2.24) is 14.7 Å². The Hall–Kier alpha value is -0.480. The SMILES string of the molecule is CC(C)N1Cc2ccnn2CC2(CSC2)C1. The van der Waals surface area contributed by atoms with Crippen molar-refractivity contribution >= 4 is 11.8 Å². The Bertz CT molecular complexity index is 381. The molecule has 0 aromatic carbocycles. The van der Waals surface area contributed by atoms with E-state index in [4.69, 9.17) is 0 Å². The molecule has 1 spiro atoms. The first kappa shape index (κ1) is 10.7. The van der Waals surface area contributed by atoms with Crippen LogP contribution in [0.15, 0.2) is 12.3 Å². The molecule has 4 heteroatoms. The van der Waals surface area contributed by atoms with Crippen LogP contribution in [-0.2, 0) is 13.1 Å². The molecule has 0 radical (unpaired) electrons. The van der Waals surface area contributed by atoms with Gasteiger partial charge in [0.1, 0.15) is 0 Å². The molecule has 0 atom stereocenters. The summed E-state index contributed by atoms with van der Waals surface area (Å²) in [4.78, 5) is 2.60. The summed E-state index contributed by atoms with van der Waals surface area (Å²) in [6.45, 7) is 8.01. The van der Waals surface area contributed by atoms with Crippen LogP contribution in [0.2, 0.25) is 0 Å². The topological polar surface area (TPSA) is 21.1 Å². The maximum Gasteiger partial charge on any atom is 0.0524 e. The van der Waals surface area contributed by atoms with Crippen LogP contribution in [-0.4, -0.2) is 38.8 Å². The Morgan fingerprint density at radius 1 is 1.38 bits per heavy atom. The molecule has 0 bridgehead atoms. The number of hydrogen-bond donors (Lipinski definition) is 0. The minimum atomic E-state index is 0.492. The number of hydrogen-bond acceptors (Lipinski definition) is 3. The zero-order valence-electron chi connectivity index (χ0n) is 10.0. The standard InChI is InChI=1S/C12H19N3S/c1-10(2)14-5-11-3-4-13-15(11)7-12(6-14)8-16-9-12/h3-4,10H,5-9H2,1-2H3. The summed E-state index contributed by atoms with van der Waals surface area (Å²) in [5.41, 5.74) is 1.87. The maximum absolute atomic E-state index is 4.47. The number of rotatable bonds is 1. The molecule has 0 aliphatic carbocycles. The second-order valence-corrected chi connectivity index (χ2v) is 6.46. The van der Waals surface area contributed by atoms with Crippen molar-refractivity contribution in [2.75, 3.05) is 18.1 Å². The largest absolute Gasteiger partial charge is 0.294 e. The Morgan fingerprint density at radius 2 is 2.19 bits per heavy atom. The van der Waals surface area contributed by atoms with Gasteiger partial charge in [0.15, 0.2) is 0 Å². The highest BCUT2D eigenvalue weighted by Gasteiger charge is 2.42. The normalized spacial score (nSPS) is 24.2. The number of fused-ring (bicyclic) bond motifs is 1. The van der Waals surface area contributed by atoms with E-state index in [0.29, 0.717) is 11.5 Å². The van der Waals surface area contributed by atoms with Gasteiger partial charge in [0.05, 0.1) is 5.69 Å². The lowest BCUT2D eigenvalue weighted by molar-refractivity contribution is 0.139. The average molecular weight is 237 g/mol. The van der Waals surface area contributed by atoms with Gasteiger partial charge in [0.25, 0.3) is 0 Å². The van der Waals surface area contributed by atoms with Gasteiger partial charge in [-0.1, -0.05) is 0 Å². The maximum atomic E-state index is 4.47. The van der Waals surface area contributed by atoms with Gasteiger partial charge in [0.2, 0.25) is 0 Å². The van der Waals surface area contributed by atoms with Gasteiger partial charge in [-0.05, 0) is 19.9 Å². The van der Waals surface area contributed by atoms with Crippen LogP contribution >= 0.6 is 11.8 Å². The van der Waals surface area contributed by atoms with Crippen molar-refractivity contribution in [1.29, 1.82) is 0 Å². The average Bonchev–Trinajstić information content (AvgIpc) is 2.53. The van der Waals surface area contributed by atoms with Gasteiger partial charge < -0.3 is 0 Å². The van der Waals surface area contributed by atoms with E-state index >= 15 is 0 Å². The quantitative estimate of drug-likeness (QED) is 0.743. The van der Waals surface area contributed by atoms with Crippen LogP contribution in [0.1, 0.15) is 19.5 Å². The van der Waals surface area contributed by atoms with Crippen LogP contribution < -0.4 is 0 Å². The number of aromatic nitrogens is 2. The number of thioether (sulfide) groups is 1. The molecule has 0 saturated carbocycles. The highest BCUT2D eigenvalue weighted by molar-refractivity contribution is 8.00. The molecule has 1 aromatic rings. The van der Waals surface area contributed by atoms with Crippen LogP contribution in [0.5, 0.6) is 0 Å². The van der Waals surface area contributed by atoms with Crippen molar-refractivity contribution in [3.63, 3.8) is 0 Å². The molecule has 3 nitrogen and oxygen atoms in total. The lowest BCUT2D eigenvalue weighted by Crippen LogP contribution is -2.48. The van der Waals surface area contributed by atoms with E-state index in [1.165, 1.54) is 23.7 Å². The molecule has 3 rings (SSSR count). The fourth-order valence-electron chi connectivity index (χ4n) is 2.64. The van der Waals surface area contributed by atoms with Crippen LogP contribution in [0.3, 0.4) is 0 Å². The summed E-state index contributed by atoms with van der Waals surface area (Å²) in [5, 5.41) is 4.47. The van der Waals surface area contributed by atoms with E-state index in [1.807, 2.05) is 6.20 Å². The highest BCUT2D eigenvalue weighted by atomic mass is 32.2. The molecule has 1 saturated heterocycles. The molecule has 1 aromatic heterocycles. The summed E-state index contributed by atoms with van der Waals surface area (Å²) >= 11 is 2.07. The van der Waals surface area contributed by atoms with Crippen LogP contribution in [0.25, 0.3) is 0 Å². The number of nitrogens with zero attached hydrogens (tertiary/aromatic N) is 3. The first-order chi connectivity index (χ1) is 7.69. The predicted molar refractivity (Wildman–Crippen MR) is 67.5 cm³/mol. The molecule has 0 amide bonds. The van der Waals surface area contributed by atoms with E-state index in [1.54, 1.807) is 0 Å².